The Balaban J connectivity index is 2.94. The first kappa shape index (κ1) is 12.2. The Morgan fingerprint density at radius 2 is 2.31 bits per heavy atom. The second-order valence-electron chi connectivity index (χ2n) is 3.57. The molecule has 0 aliphatic heterocycles. The molecule has 0 saturated heterocycles. The largest absolute Gasteiger partial charge is 0.325 e. The van der Waals surface area contributed by atoms with Crippen LogP contribution in [-0.4, -0.2) is 5.91 Å². The van der Waals surface area contributed by atoms with Crippen LogP contribution >= 0.6 is 0 Å². The number of nitrogens with zero attached hydrogens (tertiary/aromatic N) is 1. The third-order valence-electron chi connectivity index (χ3n) is 2.44. The molecule has 1 aromatic carbocycles. The molecule has 0 heterocycles. The van der Waals surface area contributed by atoms with Crippen molar-refractivity contribution in [2.75, 3.05) is 5.32 Å². The van der Waals surface area contributed by atoms with Crippen molar-refractivity contribution in [2.45, 2.75) is 20.3 Å². The van der Waals surface area contributed by atoms with Crippen LogP contribution in [-0.2, 0) is 4.79 Å². The van der Waals surface area contributed by atoms with Crippen LogP contribution in [0.4, 0.5) is 10.1 Å². The van der Waals surface area contributed by atoms with Gasteiger partial charge in [0.1, 0.15) is 17.4 Å². The highest BCUT2D eigenvalue weighted by Crippen LogP contribution is 2.18. The van der Waals surface area contributed by atoms with E-state index in [-0.39, 0.29) is 23.1 Å². The molecule has 4 heteroatoms. The average Bonchev–Trinajstić information content (AvgIpc) is 2.28. The molecule has 0 saturated carbocycles. The van der Waals surface area contributed by atoms with E-state index < -0.39 is 5.82 Å². The molecule has 84 valence electrons. The van der Waals surface area contributed by atoms with Gasteiger partial charge in [0.05, 0.1) is 5.69 Å². The van der Waals surface area contributed by atoms with Crippen LogP contribution in [0.15, 0.2) is 18.2 Å². The van der Waals surface area contributed by atoms with Crippen LogP contribution in [0.5, 0.6) is 0 Å². The Morgan fingerprint density at radius 3 is 2.88 bits per heavy atom. The van der Waals surface area contributed by atoms with E-state index in [1.807, 2.05) is 6.92 Å². The predicted octanol–water partition coefficient (Wildman–Crippen LogP) is 2.68. The lowest BCUT2D eigenvalue weighted by Gasteiger charge is -2.11. The van der Waals surface area contributed by atoms with Gasteiger partial charge in [0.15, 0.2) is 0 Å². The third-order valence-corrected chi connectivity index (χ3v) is 2.44. The van der Waals surface area contributed by atoms with Crippen LogP contribution in [0.1, 0.15) is 25.8 Å². The molecule has 1 N–H and O–H groups in total. The maximum absolute atomic E-state index is 13.2. The van der Waals surface area contributed by atoms with Crippen molar-refractivity contribution in [3.8, 4) is 6.07 Å². The van der Waals surface area contributed by atoms with Gasteiger partial charge in [-0.2, -0.15) is 5.26 Å². The van der Waals surface area contributed by atoms with Gasteiger partial charge in [0, 0.05) is 5.92 Å². The SMILES string of the molecule is CCC(C)C(=O)Nc1cccc(F)c1C#N. The van der Waals surface area contributed by atoms with E-state index in [4.69, 9.17) is 5.26 Å². The lowest BCUT2D eigenvalue weighted by atomic mass is 10.1. The molecule has 1 aromatic rings. The molecule has 0 aliphatic rings. The standard InChI is InChI=1S/C12H13FN2O/c1-3-8(2)12(16)15-11-6-4-5-10(13)9(11)7-14/h4-6,8H,3H2,1-2H3,(H,15,16). The van der Waals surface area contributed by atoms with Gasteiger partial charge < -0.3 is 5.32 Å². The summed E-state index contributed by atoms with van der Waals surface area (Å²) in [6, 6.07) is 5.90. The maximum atomic E-state index is 13.2. The van der Waals surface area contributed by atoms with Crippen LogP contribution in [0, 0.1) is 23.1 Å². The summed E-state index contributed by atoms with van der Waals surface area (Å²) in [5, 5.41) is 11.3. The van der Waals surface area contributed by atoms with Crippen molar-refractivity contribution in [1.82, 2.24) is 0 Å². The van der Waals surface area contributed by atoms with Gasteiger partial charge in [0.25, 0.3) is 0 Å². The predicted molar refractivity (Wildman–Crippen MR) is 59.2 cm³/mol. The topological polar surface area (TPSA) is 52.9 Å². The Morgan fingerprint density at radius 1 is 1.62 bits per heavy atom. The molecule has 0 fully saturated rings. The summed E-state index contributed by atoms with van der Waals surface area (Å²) in [6.07, 6.45) is 0.697. The summed E-state index contributed by atoms with van der Waals surface area (Å²) in [4.78, 5) is 11.6. The van der Waals surface area contributed by atoms with E-state index in [1.165, 1.54) is 18.2 Å². The fourth-order valence-corrected chi connectivity index (χ4v) is 1.18. The van der Waals surface area contributed by atoms with Gasteiger partial charge in [0.2, 0.25) is 5.91 Å². The molecule has 0 spiro atoms. The molecular weight excluding hydrogens is 207 g/mol. The Bertz CT molecular complexity index is 437. The minimum atomic E-state index is -0.621. The lowest BCUT2D eigenvalue weighted by molar-refractivity contribution is -0.119. The van der Waals surface area contributed by atoms with E-state index >= 15 is 0 Å². The van der Waals surface area contributed by atoms with Crippen molar-refractivity contribution < 1.29 is 9.18 Å². The first-order chi connectivity index (χ1) is 7.60. The molecule has 1 amide bonds. The van der Waals surface area contributed by atoms with Gasteiger partial charge >= 0.3 is 0 Å². The van der Waals surface area contributed by atoms with Gasteiger partial charge in [-0.05, 0) is 18.6 Å². The number of hydrogen-bond donors (Lipinski definition) is 1. The van der Waals surface area contributed by atoms with Crippen molar-refractivity contribution in [1.29, 1.82) is 5.26 Å². The number of carbonyl (C=O) groups is 1. The summed E-state index contributed by atoms with van der Waals surface area (Å²) < 4.78 is 13.2. The molecule has 0 aliphatic carbocycles. The highest BCUT2D eigenvalue weighted by Gasteiger charge is 2.14. The van der Waals surface area contributed by atoms with Gasteiger partial charge in [-0.1, -0.05) is 19.9 Å². The Kier molecular flexibility index (Phi) is 4.01. The zero-order valence-corrected chi connectivity index (χ0v) is 9.25. The fourth-order valence-electron chi connectivity index (χ4n) is 1.18. The molecule has 0 radical (unpaired) electrons. The van der Waals surface area contributed by atoms with Crippen molar-refractivity contribution >= 4 is 11.6 Å². The molecule has 1 atom stereocenters. The second kappa shape index (κ2) is 5.26. The lowest BCUT2D eigenvalue weighted by Crippen LogP contribution is -2.20. The van der Waals surface area contributed by atoms with Crippen molar-refractivity contribution in [3.05, 3.63) is 29.6 Å². The smallest absolute Gasteiger partial charge is 0.227 e. The molecule has 16 heavy (non-hydrogen) atoms. The van der Waals surface area contributed by atoms with Gasteiger partial charge in [-0.3, -0.25) is 4.79 Å². The van der Waals surface area contributed by atoms with Crippen molar-refractivity contribution in [2.24, 2.45) is 5.92 Å². The average molecular weight is 220 g/mol. The van der Waals surface area contributed by atoms with E-state index in [0.717, 1.165) is 0 Å². The highest BCUT2D eigenvalue weighted by molar-refractivity contribution is 5.93. The molecule has 1 rings (SSSR count). The van der Waals surface area contributed by atoms with Crippen LogP contribution in [0.25, 0.3) is 0 Å². The molecule has 0 bridgehead atoms. The van der Waals surface area contributed by atoms with Crippen molar-refractivity contribution in [3.63, 3.8) is 0 Å². The normalized spacial score (nSPS) is 11.6. The van der Waals surface area contributed by atoms with Crippen LogP contribution in [0.3, 0.4) is 0 Å². The number of hydrogen-bond acceptors (Lipinski definition) is 2. The summed E-state index contributed by atoms with van der Waals surface area (Å²) in [5.74, 6) is -0.983. The summed E-state index contributed by atoms with van der Waals surface area (Å²) in [6.45, 7) is 3.67. The first-order valence-electron chi connectivity index (χ1n) is 5.09. The quantitative estimate of drug-likeness (QED) is 0.851. The van der Waals surface area contributed by atoms with E-state index in [2.05, 4.69) is 5.32 Å². The minimum Gasteiger partial charge on any atom is -0.325 e. The number of benzene rings is 1. The minimum absolute atomic E-state index is 0.126. The van der Waals surface area contributed by atoms with Gasteiger partial charge in [-0.15, -0.1) is 0 Å². The fraction of sp³-hybridized carbons (Fsp3) is 0.333. The number of anilines is 1. The Labute approximate surface area is 93.9 Å². The van der Waals surface area contributed by atoms with Crippen LogP contribution < -0.4 is 5.32 Å². The third kappa shape index (κ3) is 2.57. The zero-order valence-electron chi connectivity index (χ0n) is 9.25. The van der Waals surface area contributed by atoms with E-state index in [0.29, 0.717) is 6.42 Å². The van der Waals surface area contributed by atoms with Gasteiger partial charge in [-0.25, -0.2) is 4.39 Å². The summed E-state index contributed by atoms with van der Waals surface area (Å²) >= 11 is 0. The first-order valence-corrected chi connectivity index (χ1v) is 5.09. The monoisotopic (exact) mass is 220 g/mol. The van der Waals surface area contributed by atoms with E-state index in [1.54, 1.807) is 13.0 Å². The number of amides is 1. The van der Waals surface area contributed by atoms with E-state index in [9.17, 15) is 9.18 Å². The number of halogens is 1. The highest BCUT2D eigenvalue weighted by atomic mass is 19.1. The number of rotatable bonds is 3. The molecular formula is C12H13FN2O. The number of nitriles is 1. The number of carbonyl (C=O) groups excluding carboxylic acids is 1. The summed E-state index contributed by atoms with van der Waals surface area (Å²) in [7, 11) is 0. The zero-order chi connectivity index (χ0) is 12.1. The molecule has 0 aromatic heterocycles. The maximum Gasteiger partial charge on any atom is 0.227 e. The molecule has 1 unspecified atom stereocenters. The Hall–Kier alpha value is -1.89. The molecule has 3 nitrogen and oxygen atoms in total. The summed E-state index contributed by atoms with van der Waals surface area (Å²) in [5.41, 5.74) is 0.104. The number of nitrogens with one attached hydrogen (secondary N) is 1. The van der Waals surface area contributed by atoms with Crippen LogP contribution in [0.2, 0.25) is 0 Å². The second-order valence-corrected chi connectivity index (χ2v) is 3.57.